The molecular formula is C14H20ClNO2. The Balaban J connectivity index is 2.27. The van der Waals surface area contributed by atoms with Crippen molar-refractivity contribution in [3.8, 4) is 0 Å². The van der Waals surface area contributed by atoms with Crippen LogP contribution in [0.1, 0.15) is 32.4 Å². The molecule has 1 aromatic carbocycles. The predicted octanol–water partition coefficient (Wildman–Crippen LogP) is 3.01. The molecule has 0 aliphatic carbocycles. The molecule has 3 unspecified atom stereocenters. The molecule has 0 amide bonds. The minimum atomic E-state index is -0.488. The van der Waals surface area contributed by atoms with E-state index in [0.717, 1.165) is 24.4 Å². The normalized spacial score (nSPS) is 26.2. The van der Waals surface area contributed by atoms with E-state index in [2.05, 4.69) is 18.7 Å². The number of ether oxygens (including phenoxy) is 1. The maximum atomic E-state index is 9.55. The van der Waals surface area contributed by atoms with Gasteiger partial charge in [-0.1, -0.05) is 17.7 Å². The van der Waals surface area contributed by atoms with Gasteiger partial charge in [0.2, 0.25) is 0 Å². The number of nitrogens with zero attached hydrogens (tertiary/aromatic N) is 1. The number of aliphatic hydroxyl groups is 1. The van der Waals surface area contributed by atoms with Gasteiger partial charge in [0, 0.05) is 12.6 Å². The number of anilines is 1. The van der Waals surface area contributed by atoms with Gasteiger partial charge in [0.05, 0.1) is 29.5 Å². The monoisotopic (exact) mass is 269 g/mol. The van der Waals surface area contributed by atoms with Gasteiger partial charge in [-0.15, -0.1) is 0 Å². The first-order valence-corrected chi connectivity index (χ1v) is 6.72. The summed E-state index contributed by atoms with van der Waals surface area (Å²) in [4.78, 5) is 2.27. The summed E-state index contributed by atoms with van der Waals surface area (Å²) in [7, 11) is 0. The molecule has 1 heterocycles. The van der Waals surface area contributed by atoms with Gasteiger partial charge in [0.15, 0.2) is 0 Å². The highest BCUT2D eigenvalue weighted by molar-refractivity contribution is 6.33. The molecule has 3 nitrogen and oxygen atoms in total. The van der Waals surface area contributed by atoms with E-state index in [1.54, 1.807) is 6.92 Å². The average molecular weight is 270 g/mol. The number of halogens is 1. The molecule has 100 valence electrons. The topological polar surface area (TPSA) is 32.7 Å². The lowest BCUT2D eigenvalue weighted by molar-refractivity contribution is 0.0344. The highest BCUT2D eigenvalue weighted by Gasteiger charge is 2.25. The lowest BCUT2D eigenvalue weighted by Gasteiger charge is -2.39. The van der Waals surface area contributed by atoms with Crippen molar-refractivity contribution in [2.24, 2.45) is 0 Å². The Labute approximate surface area is 113 Å². The average Bonchev–Trinajstić information content (AvgIpc) is 2.32. The maximum Gasteiger partial charge on any atom is 0.0762 e. The third-order valence-corrected chi connectivity index (χ3v) is 3.67. The van der Waals surface area contributed by atoms with Gasteiger partial charge in [-0.25, -0.2) is 0 Å². The summed E-state index contributed by atoms with van der Waals surface area (Å²) in [6, 6.07) is 6.07. The van der Waals surface area contributed by atoms with E-state index in [1.807, 2.05) is 18.2 Å². The SMILES string of the molecule is CC1CN(c2ccc(C(C)O)cc2Cl)C(C)CO1. The second-order valence-corrected chi connectivity index (χ2v) is 5.44. The third kappa shape index (κ3) is 2.79. The Morgan fingerprint density at radius 1 is 1.44 bits per heavy atom. The first-order valence-electron chi connectivity index (χ1n) is 6.34. The van der Waals surface area contributed by atoms with Crippen molar-refractivity contribution in [3.05, 3.63) is 28.8 Å². The number of hydrogen-bond donors (Lipinski definition) is 1. The molecule has 1 fully saturated rings. The molecule has 1 aliphatic heterocycles. The molecule has 1 aliphatic rings. The smallest absolute Gasteiger partial charge is 0.0762 e. The molecule has 1 N–H and O–H groups in total. The van der Waals surface area contributed by atoms with Gasteiger partial charge in [-0.3, -0.25) is 0 Å². The fourth-order valence-electron chi connectivity index (χ4n) is 2.25. The molecule has 1 saturated heterocycles. The Morgan fingerprint density at radius 2 is 2.17 bits per heavy atom. The van der Waals surface area contributed by atoms with Crippen LogP contribution in [0.5, 0.6) is 0 Å². The zero-order chi connectivity index (χ0) is 13.3. The van der Waals surface area contributed by atoms with Crippen molar-refractivity contribution in [1.29, 1.82) is 0 Å². The molecule has 0 aromatic heterocycles. The van der Waals surface area contributed by atoms with Crippen LogP contribution in [0.25, 0.3) is 0 Å². The lowest BCUT2D eigenvalue weighted by Crippen LogP contribution is -2.47. The summed E-state index contributed by atoms with van der Waals surface area (Å²) < 4.78 is 5.62. The molecule has 2 rings (SSSR count). The first kappa shape index (κ1) is 13.7. The summed E-state index contributed by atoms with van der Waals surface area (Å²) in [5.41, 5.74) is 1.86. The fourth-order valence-corrected chi connectivity index (χ4v) is 2.55. The van der Waals surface area contributed by atoms with Crippen LogP contribution in [0.4, 0.5) is 5.69 Å². The van der Waals surface area contributed by atoms with E-state index in [-0.39, 0.29) is 6.10 Å². The molecule has 0 saturated carbocycles. The molecule has 4 heteroatoms. The third-order valence-electron chi connectivity index (χ3n) is 3.37. The van der Waals surface area contributed by atoms with E-state index in [9.17, 15) is 5.11 Å². The predicted molar refractivity (Wildman–Crippen MR) is 74.3 cm³/mol. The zero-order valence-electron chi connectivity index (χ0n) is 11.1. The van der Waals surface area contributed by atoms with Crippen molar-refractivity contribution in [3.63, 3.8) is 0 Å². The van der Waals surface area contributed by atoms with Crippen molar-refractivity contribution in [1.82, 2.24) is 0 Å². The number of hydrogen-bond acceptors (Lipinski definition) is 3. The molecule has 0 spiro atoms. The summed E-state index contributed by atoms with van der Waals surface area (Å²) in [5.74, 6) is 0. The standard InChI is InChI=1S/C14H20ClNO2/c1-9-8-18-10(2)7-16(9)14-5-4-12(11(3)17)6-13(14)15/h4-6,9-11,17H,7-8H2,1-3H3. The largest absolute Gasteiger partial charge is 0.389 e. The van der Waals surface area contributed by atoms with Crippen LogP contribution in [-0.2, 0) is 4.74 Å². The molecule has 1 aromatic rings. The second kappa shape index (κ2) is 5.47. The van der Waals surface area contributed by atoms with E-state index >= 15 is 0 Å². The van der Waals surface area contributed by atoms with Crippen LogP contribution in [0.2, 0.25) is 5.02 Å². The summed E-state index contributed by atoms with van der Waals surface area (Å²) in [6.07, 6.45) is -0.272. The Hall–Kier alpha value is -0.770. The molecular weight excluding hydrogens is 250 g/mol. The first-order chi connectivity index (χ1) is 8.49. The summed E-state index contributed by atoms with van der Waals surface area (Å²) >= 11 is 6.33. The number of morpholine rings is 1. The second-order valence-electron chi connectivity index (χ2n) is 5.03. The minimum absolute atomic E-state index is 0.216. The number of benzene rings is 1. The molecule has 0 radical (unpaired) electrons. The van der Waals surface area contributed by atoms with Gasteiger partial charge in [-0.2, -0.15) is 0 Å². The molecule has 3 atom stereocenters. The number of rotatable bonds is 2. The van der Waals surface area contributed by atoms with Crippen LogP contribution >= 0.6 is 11.6 Å². The summed E-state index contributed by atoms with van der Waals surface area (Å²) in [5, 5.41) is 10.2. The molecule has 18 heavy (non-hydrogen) atoms. The highest BCUT2D eigenvalue weighted by atomic mass is 35.5. The van der Waals surface area contributed by atoms with Crippen molar-refractivity contribution < 1.29 is 9.84 Å². The van der Waals surface area contributed by atoms with Gasteiger partial charge >= 0.3 is 0 Å². The number of aliphatic hydroxyl groups excluding tert-OH is 1. The van der Waals surface area contributed by atoms with Gasteiger partial charge in [0.25, 0.3) is 0 Å². The van der Waals surface area contributed by atoms with Gasteiger partial charge in [0.1, 0.15) is 0 Å². The van der Waals surface area contributed by atoms with E-state index in [1.165, 1.54) is 0 Å². The van der Waals surface area contributed by atoms with E-state index in [4.69, 9.17) is 16.3 Å². The van der Waals surface area contributed by atoms with Crippen LogP contribution in [0.3, 0.4) is 0 Å². The van der Waals surface area contributed by atoms with Crippen LogP contribution < -0.4 is 4.90 Å². The fraction of sp³-hybridized carbons (Fsp3) is 0.571. The Morgan fingerprint density at radius 3 is 2.78 bits per heavy atom. The van der Waals surface area contributed by atoms with Crippen LogP contribution in [0, 0.1) is 0 Å². The van der Waals surface area contributed by atoms with Crippen LogP contribution in [-0.4, -0.2) is 30.4 Å². The highest BCUT2D eigenvalue weighted by Crippen LogP contribution is 2.31. The quantitative estimate of drug-likeness (QED) is 0.896. The Kier molecular flexibility index (Phi) is 4.15. The molecule has 0 bridgehead atoms. The van der Waals surface area contributed by atoms with Crippen molar-refractivity contribution >= 4 is 17.3 Å². The maximum absolute atomic E-state index is 9.55. The van der Waals surface area contributed by atoms with Gasteiger partial charge < -0.3 is 14.7 Å². The van der Waals surface area contributed by atoms with Crippen molar-refractivity contribution in [2.45, 2.75) is 39.0 Å². The zero-order valence-corrected chi connectivity index (χ0v) is 11.8. The Bertz CT molecular complexity index is 422. The lowest BCUT2D eigenvalue weighted by atomic mass is 10.1. The van der Waals surface area contributed by atoms with Crippen molar-refractivity contribution in [2.75, 3.05) is 18.1 Å². The van der Waals surface area contributed by atoms with E-state index < -0.39 is 6.10 Å². The van der Waals surface area contributed by atoms with E-state index in [0.29, 0.717) is 11.1 Å². The van der Waals surface area contributed by atoms with Crippen LogP contribution in [0.15, 0.2) is 18.2 Å². The summed E-state index contributed by atoms with van der Waals surface area (Å²) in [6.45, 7) is 7.50. The van der Waals surface area contributed by atoms with Gasteiger partial charge in [-0.05, 0) is 38.5 Å². The minimum Gasteiger partial charge on any atom is -0.389 e.